The van der Waals surface area contributed by atoms with E-state index in [9.17, 15) is 8.42 Å². The zero-order valence-corrected chi connectivity index (χ0v) is 15.7. The third-order valence-electron chi connectivity index (χ3n) is 4.50. The highest BCUT2D eigenvalue weighted by molar-refractivity contribution is 7.89. The third kappa shape index (κ3) is 3.82. The van der Waals surface area contributed by atoms with Crippen LogP contribution in [0.1, 0.15) is 36.5 Å². The van der Waals surface area contributed by atoms with E-state index in [0.29, 0.717) is 17.2 Å². The lowest BCUT2D eigenvalue weighted by Gasteiger charge is -2.27. The Hall–Kier alpha value is -2.00. The molecule has 8 nitrogen and oxygen atoms in total. The Kier molecular flexibility index (Phi) is 5.05. The van der Waals surface area contributed by atoms with Crippen LogP contribution in [-0.2, 0) is 23.6 Å². The molecule has 0 spiro atoms. The molecular formula is C16H24N6O2S. The summed E-state index contributed by atoms with van der Waals surface area (Å²) in [7, 11) is -1.93. The average molecular weight is 364 g/mol. The molecule has 1 fully saturated rings. The molecule has 0 radical (unpaired) electrons. The maximum Gasteiger partial charge on any atom is 0.244 e. The van der Waals surface area contributed by atoms with Crippen LogP contribution in [0.5, 0.6) is 0 Å². The highest BCUT2D eigenvalue weighted by Gasteiger charge is 2.24. The first-order valence-electron chi connectivity index (χ1n) is 8.45. The molecule has 1 aliphatic heterocycles. The largest absolute Gasteiger partial charge is 0.357 e. The van der Waals surface area contributed by atoms with E-state index in [1.807, 2.05) is 6.07 Å². The van der Waals surface area contributed by atoms with Crippen molar-refractivity contribution in [2.45, 2.75) is 44.6 Å². The minimum atomic E-state index is -3.66. The summed E-state index contributed by atoms with van der Waals surface area (Å²) >= 11 is 0. The first-order chi connectivity index (χ1) is 11.9. The second-order valence-electron chi connectivity index (χ2n) is 6.33. The lowest BCUT2D eigenvalue weighted by Crippen LogP contribution is -2.31. The summed E-state index contributed by atoms with van der Waals surface area (Å²) in [5.74, 6) is 1.32. The van der Waals surface area contributed by atoms with E-state index in [4.69, 9.17) is 0 Å². The summed E-state index contributed by atoms with van der Waals surface area (Å²) in [5.41, 5.74) is 1.09. The molecule has 9 heteroatoms. The standard InChI is InChI=1S/C16H24N6O2S/c1-12-16(13(2)21(3)20-12)25(23,24)18-11-14-17-8-7-15(19-14)22-9-5-4-6-10-22/h7-8,18H,4-6,9-11H2,1-3H3. The molecule has 3 heterocycles. The van der Waals surface area contributed by atoms with Crippen molar-refractivity contribution in [1.82, 2.24) is 24.5 Å². The molecule has 1 N–H and O–H groups in total. The molecule has 2 aromatic heterocycles. The van der Waals surface area contributed by atoms with Crippen LogP contribution >= 0.6 is 0 Å². The fraction of sp³-hybridized carbons (Fsp3) is 0.562. The Morgan fingerprint density at radius 2 is 1.92 bits per heavy atom. The van der Waals surface area contributed by atoms with Crippen molar-refractivity contribution in [3.63, 3.8) is 0 Å². The molecule has 0 saturated carbocycles. The Morgan fingerprint density at radius 1 is 1.20 bits per heavy atom. The van der Waals surface area contributed by atoms with Gasteiger partial charge in [0.1, 0.15) is 16.5 Å². The van der Waals surface area contributed by atoms with E-state index in [1.165, 1.54) is 6.42 Å². The van der Waals surface area contributed by atoms with Crippen molar-refractivity contribution in [2.75, 3.05) is 18.0 Å². The number of hydrogen-bond acceptors (Lipinski definition) is 6. The number of aromatic nitrogens is 4. The molecule has 0 atom stereocenters. The Labute approximate surface area is 148 Å². The summed E-state index contributed by atoms with van der Waals surface area (Å²) in [6, 6.07) is 1.87. The normalized spacial score (nSPS) is 15.6. The number of piperidine rings is 1. The van der Waals surface area contributed by atoms with E-state index in [0.717, 1.165) is 31.7 Å². The minimum absolute atomic E-state index is 0.0534. The van der Waals surface area contributed by atoms with Crippen molar-refractivity contribution >= 4 is 15.8 Å². The van der Waals surface area contributed by atoms with Gasteiger partial charge in [-0.15, -0.1) is 0 Å². The van der Waals surface area contributed by atoms with Gasteiger partial charge >= 0.3 is 0 Å². The summed E-state index contributed by atoms with van der Waals surface area (Å²) in [6.07, 6.45) is 5.25. The van der Waals surface area contributed by atoms with Gasteiger partial charge < -0.3 is 4.90 Å². The molecule has 1 aliphatic rings. The lowest BCUT2D eigenvalue weighted by molar-refractivity contribution is 0.569. The van der Waals surface area contributed by atoms with Crippen LogP contribution in [0.4, 0.5) is 5.82 Å². The van der Waals surface area contributed by atoms with Crippen molar-refractivity contribution in [2.24, 2.45) is 7.05 Å². The van der Waals surface area contributed by atoms with Gasteiger partial charge in [-0.05, 0) is 39.2 Å². The summed E-state index contributed by atoms with van der Waals surface area (Å²) in [4.78, 5) is 11.2. The lowest BCUT2D eigenvalue weighted by atomic mass is 10.1. The van der Waals surface area contributed by atoms with Crippen molar-refractivity contribution in [3.05, 3.63) is 29.5 Å². The quantitative estimate of drug-likeness (QED) is 0.859. The van der Waals surface area contributed by atoms with Crippen LogP contribution in [0.3, 0.4) is 0 Å². The van der Waals surface area contributed by atoms with Gasteiger partial charge in [-0.2, -0.15) is 5.10 Å². The highest BCUT2D eigenvalue weighted by Crippen LogP contribution is 2.19. The van der Waals surface area contributed by atoms with Crippen LogP contribution in [0.25, 0.3) is 0 Å². The number of aryl methyl sites for hydroxylation is 2. The van der Waals surface area contributed by atoms with Gasteiger partial charge in [0.15, 0.2) is 0 Å². The summed E-state index contributed by atoms with van der Waals surface area (Å²) in [5, 5.41) is 4.17. The van der Waals surface area contributed by atoms with E-state index in [1.54, 1.807) is 31.8 Å². The van der Waals surface area contributed by atoms with Crippen LogP contribution in [0.2, 0.25) is 0 Å². The molecule has 0 amide bonds. The first-order valence-corrected chi connectivity index (χ1v) is 9.93. The van der Waals surface area contributed by atoms with Gasteiger partial charge in [0.05, 0.1) is 17.9 Å². The number of nitrogens with zero attached hydrogens (tertiary/aromatic N) is 5. The molecular weight excluding hydrogens is 340 g/mol. The number of nitrogens with one attached hydrogen (secondary N) is 1. The predicted octanol–water partition coefficient (Wildman–Crippen LogP) is 1.30. The van der Waals surface area contributed by atoms with Crippen molar-refractivity contribution in [1.29, 1.82) is 0 Å². The van der Waals surface area contributed by atoms with Crippen LogP contribution in [0.15, 0.2) is 17.2 Å². The zero-order valence-electron chi connectivity index (χ0n) is 14.9. The predicted molar refractivity (Wildman–Crippen MR) is 94.8 cm³/mol. The van der Waals surface area contributed by atoms with Gasteiger partial charge in [0, 0.05) is 26.3 Å². The molecule has 136 valence electrons. The zero-order chi connectivity index (χ0) is 18.0. The maximum absolute atomic E-state index is 12.6. The molecule has 0 bridgehead atoms. The molecule has 2 aromatic rings. The van der Waals surface area contributed by atoms with Crippen LogP contribution in [-0.4, -0.2) is 41.3 Å². The van der Waals surface area contributed by atoms with Crippen LogP contribution in [0, 0.1) is 13.8 Å². The topological polar surface area (TPSA) is 93.0 Å². The first kappa shape index (κ1) is 17.8. The number of rotatable bonds is 5. The van der Waals surface area contributed by atoms with E-state index >= 15 is 0 Å². The highest BCUT2D eigenvalue weighted by atomic mass is 32.2. The molecule has 1 saturated heterocycles. The minimum Gasteiger partial charge on any atom is -0.357 e. The Bertz CT molecular complexity index is 856. The van der Waals surface area contributed by atoms with Gasteiger partial charge in [0.25, 0.3) is 0 Å². The van der Waals surface area contributed by atoms with Gasteiger partial charge in [-0.25, -0.2) is 23.1 Å². The SMILES string of the molecule is Cc1nn(C)c(C)c1S(=O)(=O)NCc1nccc(N2CCCCC2)n1. The van der Waals surface area contributed by atoms with Crippen LogP contribution < -0.4 is 9.62 Å². The summed E-state index contributed by atoms with van der Waals surface area (Å²) in [6.45, 7) is 5.45. The van der Waals surface area contributed by atoms with E-state index in [2.05, 4.69) is 24.7 Å². The fourth-order valence-corrected chi connectivity index (χ4v) is 4.56. The average Bonchev–Trinajstić information content (AvgIpc) is 2.87. The number of sulfonamides is 1. The monoisotopic (exact) mass is 364 g/mol. The Balaban J connectivity index is 1.74. The number of hydrogen-bond donors (Lipinski definition) is 1. The fourth-order valence-electron chi connectivity index (χ4n) is 3.15. The second kappa shape index (κ2) is 7.09. The molecule has 0 aliphatic carbocycles. The molecule has 25 heavy (non-hydrogen) atoms. The smallest absolute Gasteiger partial charge is 0.244 e. The Morgan fingerprint density at radius 3 is 2.56 bits per heavy atom. The molecule has 0 unspecified atom stereocenters. The van der Waals surface area contributed by atoms with Crippen molar-refractivity contribution in [3.8, 4) is 0 Å². The molecule has 0 aromatic carbocycles. The summed E-state index contributed by atoms with van der Waals surface area (Å²) < 4.78 is 29.4. The van der Waals surface area contributed by atoms with Gasteiger partial charge in [0.2, 0.25) is 10.0 Å². The van der Waals surface area contributed by atoms with Gasteiger partial charge in [-0.3, -0.25) is 4.68 Å². The maximum atomic E-state index is 12.6. The molecule has 3 rings (SSSR count). The van der Waals surface area contributed by atoms with E-state index in [-0.39, 0.29) is 11.4 Å². The second-order valence-corrected chi connectivity index (χ2v) is 8.03. The van der Waals surface area contributed by atoms with Crippen molar-refractivity contribution < 1.29 is 8.42 Å². The van der Waals surface area contributed by atoms with E-state index < -0.39 is 10.0 Å². The number of anilines is 1. The van der Waals surface area contributed by atoms with Gasteiger partial charge in [-0.1, -0.05) is 0 Å². The third-order valence-corrected chi connectivity index (χ3v) is 6.16.